The molecule has 8 nitrogen and oxygen atoms in total. The Hall–Kier alpha value is -1.20. The summed E-state index contributed by atoms with van der Waals surface area (Å²) in [6.07, 6.45) is 0. The minimum atomic E-state index is -4.13. The average Bonchev–Trinajstić information content (AvgIpc) is 2.33. The Balaban J connectivity index is 2.97. The van der Waals surface area contributed by atoms with Gasteiger partial charge in [0.25, 0.3) is 0 Å². The summed E-state index contributed by atoms with van der Waals surface area (Å²) in [6.45, 7) is 1.35. The van der Waals surface area contributed by atoms with Gasteiger partial charge in [0.2, 0.25) is 26.0 Å². The number of nitrogens with one attached hydrogen (secondary N) is 2. The lowest BCUT2D eigenvalue weighted by atomic mass is 10.4. The molecule has 0 atom stereocenters. The quantitative estimate of drug-likeness (QED) is 0.585. The van der Waals surface area contributed by atoms with Crippen LogP contribution in [0.5, 0.6) is 0 Å². The van der Waals surface area contributed by atoms with Crippen LogP contribution in [0, 0.1) is 0 Å². The Morgan fingerprint density at radius 2 is 1.86 bits per heavy atom. The second-order valence-electron chi connectivity index (χ2n) is 4.02. The predicted molar refractivity (Wildman–Crippen MR) is 76.7 cm³/mol. The number of hydrogen-bond acceptors (Lipinski definition) is 5. The van der Waals surface area contributed by atoms with Gasteiger partial charge in [-0.2, -0.15) is 0 Å². The van der Waals surface area contributed by atoms with Gasteiger partial charge in [-0.15, -0.1) is 0 Å². The summed E-state index contributed by atoms with van der Waals surface area (Å²) in [6, 6.07) is 3.15. The number of nitrogens with two attached hydrogens (primary N) is 1. The van der Waals surface area contributed by atoms with Crippen LogP contribution in [-0.2, 0) is 24.8 Å². The molecule has 0 heterocycles. The summed E-state index contributed by atoms with van der Waals surface area (Å²) < 4.78 is 48.7. The molecule has 1 aromatic carbocycles. The fourth-order valence-electron chi connectivity index (χ4n) is 1.38. The van der Waals surface area contributed by atoms with E-state index in [4.69, 9.17) is 16.7 Å². The first-order valence-electron chi connectivity index (χ1n) is 5.60. The molecule has 0 saturated carbocycles. The van der Waals surface area contributed by atoms with Gasteiger partial charge in [-0.05, 0) is 18.2 Å². The third-order valence-corrected chi connectivity index (χ3v) is 5.16. The van der Waals surface area contributed by atoms with Crippen LogP contribution in [0.3, 0.4) is 0 Å². The van der Waals surface area contributed by atoms with Gasteiger partial charge in [0.05, 0.1) is 9.92 Å². The Labute approximate surface area is 127 Å². The highest BCUT2D eigenvalue weighted by Gasteiger charge is 2.19. The number of benzene rings is 1. The molecule has 4 N–H and O–H groups in total. The molecule has 118 valence electrons. The third-order valence-electron chi connectivity index (χ3n) is 2.31. The van der Waals surface area contributed by atoms with E-state index in [1.807, 2.05) is 0 Å². The Bertz CT molecular complexity index is 746. The molecule has 0 aromatic heterocycles. The van der Waals surface area contributed by atoms with Crippen molar-refractivity contribution in [3.8, 4) is 0 Å². The number of hydrogen-bond donors (Lipinski definition) is 3. The van der Waals surface area contributed by atoms with Crippen LogP contribution in [0.1, 0.15) is 6.92 Å². The molecule has 0 saturated heterocycles. The molecule has 0 aliphatic heterocycles. The van der Waals surface area contributed by atoms with Crippen LogP contribution in [0.4, 0.5) is 0 Å². The van der Waals surface area contributed by atoms with E-state index in [2.05, 4.69) is 10.0 Å². The van der Waals surface area contributed by atoms with Crippen LogP contribution in [0.25, 0.3) is 0 Å². The minimum Gasteiger partial charge on any atom is -0.355 e. The van der Waals surface area contributed by atoms with E-state index >= 15 is 0 Å². The van der Waals surface area contributed by atoms with Crippen LogP contribution in [0.2, 0.25) is 5.02 Å². The molecule has 1 aromatic rings. The highest BCUT2D eigenvalue weighted by molar-refractivity contribution is 7.90. The molecule has 0 fully saturated rings. The molecule has 11 heteroatoms. The van der Waals surface area contributed by atoms with Crippen LogP contribution in [-0.4, -0.2) is 35.8 Å². The number of primary sulfonamides is 1. The summed E-state index contributed by atoms with van der Waals surface area (Å²) in [5.74, 6) is -0.294. The summed E-state index contributed by atoms with van der Waals surface area (Å²) >= 11 is 5.67. The summed E-state index contributed by atoms with van der Waals surface area (Å²) in [5, 5.41) is 7.19. The number of rotatable bonds is 6. The van der Waals surface area contributed by atoms with Crippen molar-refractivity contribution in [2.24, 2.45) is 5.14 Å². The van der Waals surface area contributed by atoms with E-state index < -0.39 is 24.9 Å². The van der Waals surface area contributed by atoms with Crippen molar-refractivity contribution in [3.05, 3.63) is 23.2 Å². The number of carbonyl (C=O) groups excluding carboxylic acids is 1. The van der Waals surface area contributed by atoms with Crippen molar-refractivity contribution in [1.82, 2.24) is 10.0 Å². The first-order chi connectivity index (χ1) is 9.54. The normalized spacial score (nSPS) is 12.1. The monoisotopic (exact) mass is 355 g/mol. The van der Waals surface area contributed by atoms with Crippen molar-refractivity contribution < 1.29 is 21.6 Å². The minimum absolute atomic E-state index is 0.0464. The lowest BCUT2D eigenvalue weighted by Crippen LogP contribution is -2.33. The van der Waals surface area contributed by atoms with Gasteiger partial charge in [-0.1, -0.05) is 11.6 Å². The SMILES string of the molecule is CC(=O)NCCNS(=O)(=O)c1ccc(Cl)c(S(N)(=O)=O)c1. The molecular weight excluding hydrogens is 342 g/mol. The lowest BCUT2D eigenvalue weighted by molar-refractivity contribution is -0.118. The van der Waals surface area contributed by atoms with Gasteiger partial charge >= 0.3 is 0 Å². The Kier molecular flexibility index (Phi) is 5.70. The molecule has 1 rings (SSSR count). The predicted octanol–water partition coefficient (Wildman–Crippen LogP) is -0.598. The summed E-state index contributed by atoms with van der Waals surface area (Å²) in [5.41, 5.74) is 0. The van der Waals surface area contributed by atoms with Crippen molar-refractivity contribution in [1.29, 1.82) is 0 Å². The zero-order valence-electron chi connectivity index (χ0n) is 11.0. The second-order valence-corrected chi connectivity index (χ2v) is 7.72. The standard InChI is InChI=1S/C10H14ClN3O5S2/c1-7(15)13-4-5-14-21(18,19)8-2-3-9(11)10(6-8)20(12,16)17/h2-3,6,14H,4-5H2,1H3,(H,13,15)(H2,12,16,17). The fourth-order valence-corrected chi connectivity index (χ4v) is 3.58. The lowest BCUT2D eigenvalue weighted by Gasteiger charge is -2.09. The van der Waals surface area contributed by atoms with Gasteiger partial charge in [-0.25, -0.2) is 26.7 Å². The smallest absolute Gasteiger partial charge is 0.240 e. The fraction of sp³-hybridized carbons (Fsp3) is 0.300. The average molecular weight is 356 g/mol. The van der Waals surface area contributed by atoms with Gasteiger partial charge in [-0.3, -0.25) is 4.79 Å². The van der Waals surface area contributed by atoms with Crippen molar-refractivity contribution in [2.45, 2.75) is 16.7 Å². The molecular formula is C10H14ClN3O5S2. The van der Waals surface area contributed by atoms with Crippen molar-refractivity contribution in [3.63, 3.8) is 0 Å². The van der Waals surface area contributed by atoms with E-state index in [0.29, 0.717) is 0 Å². The molecule has 0 aliphatic rings. The number of sulfonamides is 2. The topological polar surface area (TPSA) is 135 Å². The molecule has 0 radical (unpaired) electrons. The third kappa shape index (κ3) is 5.25. The van der Waals surface area contributed by atoms with E-state index in [1.54, 1.807) is 0 Å². The molecule has 0 bridgehead atoms. The van der Waals surface area contributed by atoms with E-state index in [9.17, 15) is 21.6 Å². The van der Waals surface area contributed by atoms with E-state index in [0.717, 1.165) is 18.2 Å². The molecule has 0 aliphatic carbocycles. The Morgan fingerprint density at radius 1 is 1.24 bits per heavy atom. The van der Waals surface area contributed by atoms with E-state index in [1.165, 1.54) is 6.92 Å². The van der Waals surface area contributed by atoms with Crippen LogP contribution >= 0.6 is 11.6 Å². The summed E-state index contributed by atoms with van der Waals surface area (Å²) in [4.78, 5) is 9.88. The number of amides is 1. The number of halogens is 1. The maximum absolute atomic E-state index is 12.0. The van der Waals surface area contributed by atoms with Gasteiger partial charge in [0.15, 0.2) is 0 Å². The maximum Gasteiger partial charge on any atom is 0.240 e. The zero-order chi connectivity index (χ0) is 16.3. The first kappa shape index (κ1) is 17.9. The van der Waals surface area contributed by atoms with Gasteiger partial charge in [0, 0.05) is 20.0 Å². The maximum atomic E-state index is 12.0. The largest absolute Gasteiger partial charge is 0.355 e. The highest BCUT2D eigenvalue weighted by atomic mass is 35.5. The highest BCUT2D eigenvalue weighted by Crippen LogP contribution is 2.23. The molecule has 21 heavy (non-hydrogen) atoms. The van der Waals surface area contributed by atoms with Gasteiger partial charge in [0.1, 0.15) is 4.90 Å². The summed E-state index contributed by atoms with van der Waals surface area (Å²) in [7, 11) is -8.07. The zero-order valence-corrected chi connectivity index (χ0v) is 13.3. The van der Waals surface area contributed by atoms with Crippen LogP contribution in [0.15, 0.2) is 28.0 Å². The first-order valence-corrected chi connectivity index (χ1v) is 9.01. The number of carbonyl (C=O) groups is 1. The molecule has 0 spiro atoms. The van der Waals surface area contributed by atoms with Crippen molar-refractivity contribution >= 4 is 37.6 Å². The van der Waals surface area contributed by atoms with E-state index in [-0.39, 0.29) is 28.9 Å². The molecule has 1 amide bonds. The Morgan fingerprint density at radius 3 is 2.38 bits per heavy atom. The van der Waals surface area contributed by atoms with Gasteiger partial charge < -0.3 is 5.32 Å². The second kappa shape index (κ2) is 6.71. The molecule has 0 unspecified atom stereocenters. The van der Waals surface area contributed by atoms with Crippen molar-refractivity contribution in [2.75, 3.05) is 13.1 Å². The van der Waals surface area contributed by atoms with Crippen LogP contribution < -0.4 is 15.2 Å².